The molecular formula is C8H12F3N3. The highest BCUT2D eigenvalue weighted by atomic mass is 19.4. The molecule has 0 saturated heterocycles. The van der Waals surface area contributed by atoms with Crippen molar-refractivity contribution in [3.63, 3.8) is 0 Å². The van der Waals surface area contributed by atoms with E-state index in [-0.39, 0.29) is 0 Å². The summed E-state index contributed by atoms with van der Waals surface area (Å²) in [6.07, 6.45) is -3.82. The summed E-state index contributed by atoms with van der Waals surface area (Å²) in [6.45, 7) is 0.619. The second-order valence-corrected chi connectivity index (χ2v) is 3.00. The molecule has 1 rings (SSSR count). The predicted molar refractivity (Wildman–Crippen MR) is 45.8 cm³/mol. The first-order valence-corrected chi connectivity index (χ1v) is 4.20. The minimum atomic E-state index is -4.32. The molecule has 0 aliphatic carbocycles. The number of nitrogens with zero attached hydrogens (tertiary/aromatic N) is 2. The van der Waals surface area contributed by atoms with Crippen molar-refractivity contribution >= 4 is 0 Å². The predicted octanol–water partition coefficient (Wildman–Crippen LogP) is 1.20. The highest BCUT2D eigenvalue weighted by Crippen LogP contribution is 2.29. The SMILES string of the molecule is CNCCc1cc(C(F)(F)F)n(C)n1. The maximum Gasteiger partial charge on any atom is 0.433 e. The molecule has 0 unspecified atom stereocenters. The molecule has 1 aromatic heterocycles. The van der Waals surface area contributed by atoms with Crippen LogP contribution in [0.2, 0.25) is 0 Å². The van der Waals surface area contributed by atoms with E-state index in [1.54, 1.807) is 7.05 Å². The average molecular weight is 207 g/mol. The van der Waals surface area contributed by atoms with E-state index in [0.717, 1.165) is 10.7 Å². The highest BCUT2D eigenvalue weighted by molar-refractivity contribution is 5.13. The van der Waals surface area contributed by atoms with Crippen LogP contribution in [0.25, 0.3) is 0 Å². The molecule has 0 atom stereocenters. The van der Waals surface area contributed by atoms with Crippen LogP contribution >= 0.6 is 0 Å². The smallest absolute Gasteiger partial charge is 0.319 e. The van der Waals surface area contributed by atoms with Crippen molar-refractivity contribution in [1.82, 2.24) is 15.1 Å². The van der Waals surface area contributed by atoms with Gasteiger partial charge in [0.15, 0.2) is 0 Å². The lowest BCUT2D eigenvalue weighted by atomic mass is 10.3. The zero-order chi connectivity index (χ0) is 10.8. The topological polar surface area (TPSA) is 29.9 Å². The third kappa shape index (κ3) is 2.47. The average Bonchev–Trinajstić information content (AvgIpc) is 2.42. The molecule has 1 heterocycles. The van der Waals surface area contributed by atoms with Crippen LogP contribution < -0.4 is 5.32 Å². The number of likely N-dealkylation sites (N-methyl/N-ethyl adjacent to an activating group) is 1. The number of rotatable bonds is 3. The van der Waals surface area contributed by atoms with Crippen LogP contribution in [0, 0.1) is 0 Å². The van der Waals surface area contributed by atoms with Gasteiger partial charge in [-0.2, -0.15) is 18.3 Å². The fraction of sp³-hybridized carbons (Fsp3) is 0.625. The molecule has 0 aliphatic heterocycles. The van der Waals surface area contributed by atoms with Gasteiger partial charge in [0.05, 0.1) is 5.69 Å². The van der Waals surface area contributed by atoms with E-state index >= 15 is 0 Å². The monoisotopic (exact) mass is 207 g/mol. The van der Waals surface area contributed by atoms with Crippen molar-refractivity contribution in [2.24, 2.45) is 7.05 Å². The molecule has 6 heteroatoms. The normalized spacial score (nSPS) is 12.1. The summed E-state index contributed by atoms with van der Waals surface area (Å²) < 4.78 is 37.8. The number of halogens is 3. The van der Waals surface area contributed by atoms with Gasteiger partial charge in [-0.3, -0.25) is 4.68 Å². The van der Waals surface area contributed by atoms with E-state index in [1.807, 2.05) is 0 Å². The molecule has 1 aromatic rings. The van der Waals surface area contributed by atoms with Crippen LogP contribution in [0.15, 0.2) is 6.07 Å². The zero-order valence-corrected chi connectivity index (χ0v) is 8.02. The van der Waals surface area contributed by atoms with Crippen molar-refractivity contribution in [2.75, 3.05) is 13.6 Å². The first kappa shape index (κ1) is 11.0. The van der Waals surface area contributed by atoms with Gasteiger partial charge in [-0.1, -0.05) is 0 Å². The van der Waals surface area contributed by atoms with Gasteiger partial charge in [0.1, 0.15) is 5.69 Å². The minimum Gasteiger partial charge on any atom is -0.319 e. The number of aromatic nitrogens is 2. The summed E-state index contributed by atoms with van der Waals surface area (Å²) in [5, 5.41) is 6.62. The first-order valence-electron chi connectivity index (χ1n) is 4.20. The van der Waals surface area contributed by atoms with Gasteiger partial charge in [0.25, 0.3) is 0 Å². The quantitative estimate of drug-likeness (QED) is 0.807. The summed E-state index contributed by atoms with van der Waals surface area (Å²) in [5.74, 6) is 0. The van der Waals surface area contributed by atoms with Crippen molar-refractivity contribution in [2.45, 2.75) is 12.6 Å². The van der Waals surface area contributed by atoms with E-state index in [2.05, 4.69) is 10.4 Å². The number of hydrogen-bond donors (Lipinski definition) is 1. The second-order valence-electron chi connectivity index (χ2n) is 3.00. The summed E-state index contributed by atoms with van der Waals surface area (Å²) in [6, 6.07) is 1.08. The van der Waals surface area contributed by atoms with Crippen molar-refractivity contribution < 1.29 is 13.2 Å². The fourth-order valence-electron chi connectivity index (χ4n) is 1.17. The third-order valence-corrected chi connectivity index (χ3v) is 1.85. The molecule has 0 spiro atoms. The first-order chi connectivity index (χ1) is 6.45. The van der Waals surface area contributed by atoms with Gasteiger partial charge in [0.2, 0.25) is 0 Å². The van der Waals surface area contributed by atoms with Gasteiger partial charge in [-0.25, -0.2) is 0 Å². The van der Waals surface area contributed by atoms with Crippen molar-refractivity contribution in [1.29, 1.82) is 0 Å². The standard InChI is InChI=1S/C8H12F3N3/c1-12-4-3-6-5-7(8(9,10)11)14(2)13-6/h5,12H,3-4H2,1-2H3. The molecule has 0 fully saturated rings. The Bertz CT molecular complexity index is 303. The van der Waals surface area contributed by atoms with Crippen LogP contribution in [0.1, 0.15) is 11.4 Å². The van der Waals surface area contributed by atoms with Crippen molar-refractivity contribution in [3.8, 4) is 0 Å². The van der Waals surface area contributed by atoms with E-state index in [0.29, 0.717) is 18.7 Å². The van der Waals surface area contributed by atoms with Gasteiger partial charge in [-0.15, -0.1) is 0 Å². The molecule has 0 amide bonds. The zero-order valence-electron chi connectivity index (χ0n) is 8.02. The van der Waals surface area contributed by atoms with Crippen LogP contribution in [0.4, 0.5) is 13.2 Å². The second kappa shape index (κ2) is 4.00. The molecule has 0 aromatic carbocycles. The van der Waals surface area contributed by atoms with Gasteiger partial charge in [-0.05, 0) is 13.1 Å². The maximum atomic E-state index is 12.3. The van der Waals surface area contributed by atoms with Gasteiger partial charge < -0.3 is 5.32 Å². The van der Waals surface area contributed by atoms with Crippen LogP contribution in [0.3, 0.4) is 0 Å². The summed E-state index contributed by atoms with van der Waals surface area (Å²) in [7, 11) is 3.04. The maximum absolute atomic E-state index is 12.3. The Morgan fingerprint density at radius 3 is 2.57 bits per heavy atom. The van der Waals surface area contributed by atoms with E-state index in [9.17, 15) is 13.2 Å². The Morgan fingerprint density at radius 1 is 1.50 bits per heavy atom. The Balaban J connectivity index is 2.83. The minimum absolute atomic E-state index is 0.453. The van der Waals surface area contributed by atoms with E-state index < -0.39 is 11.9 Å². The molecule has 1 N–H and O–H groups in total. The van der Waals surface area contributed by atoms with Crippen molar-refractivity contribution in [3.05, 3.63) is 17.5 Å². The lowest BCUT2D eigenvalue weighted by Gasteiger charge is -2.04. The molecule has 0 bridgehead atoms. The summed E-state index contributed by atoms with van der Waals surface area (Å²) in [4.78, 5) is 0. The Labute approximate surface area is 79.9 Å². The molecule has 80 valence electrons. The van der Waals surface area contributed by atoms with Crippen LogP contribution in [-0.4, -0.2) is 23.4 Å². The number of hydrogen-bond acceptors (Lipinski definition) is 2. The van der Waals surface area contributed by atoms with Gasteiger partial charge >= 0.3 is 6.18 Å². The third-order valence-electron chi connectivity index (χ3n) is 1.85. The van der Waals surface area contributed by atoms with E-state index in [1.165, 1.54) is 7.05 Å². The molecule has 0 radical (unpaired) electrons. The molecule has 3 nitrogen and oxygen atoms in total. The van der Waals surface area contributed by atoms with Crippen LogP contribution in [0.5, 0.6) is 0 Å². The van der Waals surface area contributed by atoms with Gasteiger partial charge in [0, 0.05) is 20.0 Å². The Kier molecular flexibility index (Phi) is 3.15. The van der Waals surface area contributed by atoms with Crippen LogP contribution in [-0.2, 0) is 19.6 Å². The fourth-order valence-corrected chi connectivity index (χ4v) is 1.17. The summed E-state index contributed by atoms with van der Waals surface area (Å²) >= 11 is 0. The molecule has 0 saturated carbocycles. The Hall–Kier alpha value is -1.04. The lowest BCUT2D eigenvalue weighted by molar-refractivity contribution is -0.143. The number of nitrogens with one attached hydrogen (secondary N) is 1. The van der Waals surface area contributed by atoms with E-state index in [4.69, 9.17) is 0 Å². The lowest BCUT2D eigenvalue weighted by Crippen LogP contribution is -2.11. The number of aryl methyl sites for hydroxylation is 1. The molecular weight excluding hydrogens is 195 g/mol. The largest absolute Gasteiger partial charge is 0.433 e. The highest BCUT2D eigenvalue weighted by Gasteiger charge is 2.34. The number of alkyl halides is 3. The molecule has 14 heavy (non-hydrogen) atoms. The molecule has 0 aliphatic rings. The summed E-state index contributed by atoms with van der Waals surface area (Å²) in [5.41, 5.74) is -0.252. The Morgan fingerprint density at radius 2 is 2.14 bits per heavy atom.